The minimum Gasteiger partial charge on any atom is -0.405 e. The van der Waals surface area contributed by atoms with Gasteiger partial charge in [0.25, 0.3) is 0 Å². The monoisotopic (exact) mass is 287 g/mol. The molecule has 0 spiro atoms. The molecule has 0 fully saturated rings. The topological polar surface area (TPSA) is 35.2 Å². The van der Waals surface area contributed by atoms with E-state index in [0.717, 1.165) is 15.3 Å². The predicted octanol–water partition coefficient (Wildman–Crippen LogP) is 4.08. The van der Waals surface area contributed by atoms with Crippen molar-refractivity contribution in [2.45, 2.75) is 19.8 Å². The molecule has 0 saturated carbocycles. The van der Waals surface area contributed by atoms with E-state index in [2.05, 4.69) is 4.74 Å². The van der Waals surface area contributed by atoms with Gasteiger partial charge in [-0.05, 0) is 36.8 Å². The SMILES string of the molecule is Cc1ccc(-c2cc(CN)ccc2OC(F)(F)F)s1. The van der Waals surface area contributed by atoms with Crippen molar-refractivity contribution < 1.29 is 17.9 Å². The van der Waals surface area contributed by atoms with Gasteiger partial charge in [0, 0.05) is 21.9 Å². The number of ether oxygens (including phenoxy) is 1. The Hall–Kier alpha value is -1.53. The van der Waals surface area contributed by atoms with Crippen LogP contribution >= 0.6 is 11.3 Å². The lowest BCUT2D eigenvalue weighted by atomic mass is 10.1. The maximum absolute atomic E-state index is 12.4. The minimum absolute atomic E-state index is 0.202. The molecule has 0 aliphatic rings. The summed E-state index contributed by atoms with van der Waals surface area (Å²) in [6.07, 6.45) is -4.70. The summed E-state index contributed by atoms with van der Waals surface area (Å²) in [5.74, 6) is -0.202. The molecule has 2 N–H and O–H groups in total. The van der Waals surface area contributed by atoms with Gasteiger partial charge in [-0.25, -0.2) is 0 Å². The first-order valence-corrected chi connectivity index (χ1v) is 6.36. The number of hydrogen-bond acceptors (Lipinski definition) is 3. The van der Waals surface area contributed by atoms with E-state index in [1.807, 2.05) is 13.0 Å². The number of halogens is 3. The van der Waals surface area contributed by atoms with E-state index >= 15 is 0 Å². The molecule has 2 aromatic rings. The van der Waals surface area contributed by atoms with Crippen molar-refractivity contribution in [3.8, 4) is 16.2 Å². The number of benzene rings is 1. The maximum atomic E-state index is 12.4. The van der Waals surface area contributed by atoms with Gasteiger partial charge in [-0.3, -0.25) is 0 Å². The molecule has 2 nitrogen and oxygen atoms in total. The van der Waals surface area contributed by atoms with E-state index in [9.17, 15) is 13.2 Å². The van der Waals surface area contributed by atoms with E-state index < -0.39 is 6.36 Å². The molecule has 0 bridgehead atoms. The van der Waals surface area contributed by atoms with E-state index in [4.69, 9.17) is 5.73 Å². The second-order valence-corrected chi connectivity index (χ2v) is 5.28. The van der Waals surface area contributed by atoms with Crippen LogP contribution in [0.5, 0.6) is 5.75 Å². The van der Waals surface area contributed by atoms with Crippen LogP contribution in [-0.2, 0) is 6.54 Å². The molecule has 0 saturated heterocycles. The predicted molar refractivity (Wildman–Crippen MR) is 69.1 cm³/mol. The molecular weight excluding hydrogens is 275 g/mol. The van der Waals surface area contributed by atoms with Crippen LogP contribution in [0.3, 0.4) is 0 Å². The zero-order valence-corrected chi connectivity index (χ0v) is 10.9. The fourth-order valence-electron chi connectivity index (χ4n) is 1.69. The fraction of sp³-hybridized carbons (Fsp3) is 0.231. The molecular formula is C13H12F3NOS. The molecule has 0 aliphatic heterocycles. The van der Waals surface area contributed by atoms with Crippen LogP contribution in [0.1, 0.15) is 10.4 Å². The summed E-state index contributed by atoms with van der Waals surface area (Å²) in [4.78, 5) is 1.75. The summed E-state index contributed by atoms with van der Waals surface area (Å²) in [6.45, 7) is 2.16. The van der Waals surface area contributed by atoms with Crippen LogP contribution in [0.25, 0.3) is 10.4 Å². The zero-order chi connectivity index (χ0) is 14.0. The Morgan fingerprint density at radius 1 is 1.21 bits per heavy atom. The summed E-state index contributed by atoms with van der Waals surface area (Å²) >= 11 is 1.41. The summed E-state index contributed by atoms with van der Waals surface area (Å²) in [5.41, 5.74) is 6.69. The highest BCUT2D eigenvalue weighted by atomic mass is 32.1. The fourth-order valence-corrected chi connectivity index (χ4v) is 2.58. The van der Waals surface area contributed by atoms with Crippen molar-refractivity contribution in [2.24, 2.45) is 5.73 Å². The highest BCUT2D eigenvalue weighted by Crippen LogP contribution is 2.37. The van der Waals surface area contributed by atoms with E-state index in [1.54, 1.807) is 12.1 Å². The molecule has 1 aromatic heterocycles. The van der Waals surface area contributed by atoms with Crippen molar-refractivity contribution in [2.75, 3.05) is 0 Å². The van der Waals surface area contributed by atoms with Crippen molar-refractivity contribution >= 4 is 11.3 Å². The Kier molecular flexibility index (Phi) is 3.82. The Bertz CT molecular complexity index is 578. The quantitative estimate of drug-likeness (QED) is 0.923. The molecule has 102 valence electrons. The van der Waals surface area contributed by atoms with Gasteiger partial charge in [0.1, 0.15) is 5.75 Å². The number of nitrogens with two attached hydrogens (primary N) is 1. The van der Waals surface area contributed by atoms with Crippen LogP contribution in [0.15, 0.2) is 30.3 Å². The summed E-state index contributed by atoms with van der Waals surface area (Å²) in [7, 11) is 0. The van der Waals surface area contributed by atoms with E-state index in [1.165, 1.54) is 23.5 Å². The second kappa shape index (κ2) is 5.22. The van der Waals surface area contributed by atoms with Crippen molar-refractivity contribution in [1.29, 1.82) is 0 Å². The standard InChI is InChI=1S/C13H12F3NOS/c1-8-2-5-12(19-8)10-6-9(7-17)3-4-11(10)18-13(14,15)16/h2-6H,7,17H2,1H3. The Morgan fingerprint density at radius 2 is 1.95 bits per heavy atom. The first-order valence-electron chi connectivity index (χ1n) is 5.54. The Morgan fingerprint density at radius 3 is 2.47 bits per heavy atom. The Labute approximate surface area is 112 Å². The van der Waals surface area contributed by atoms with Gasteiger partial charge in [0.15, 0.2) is 0 Å². The van der Waals surface area contributed by atoms with E-state index in [-0.39, 0.29) is 12.3 Å². The highest BCUT2D eigenvalue weighted by Gasteiger charge is 2.32. The molecule has 6 heteroatoms. The molecule has 1 heterocycles. The lowest BCUT2D eigenvalue weighted by molar-refractivity contribution is -0.274. The van der Waals surface area contributed by atoms with Gasteiger partial charge in [0.05, 0.1) is 0 Å². The van der Waals surface area contributed by atoms with Gasteiger partial charge in [-0.1, -0.05) is 6.07 Å². The van der Waals surface area contributed by atoms with Gasteiger partial charge >= 0.3 is 6.36 Å². The number of aryl methyl sites for hydroxylation is 1. The average molecular weight is 287 g/mol. The second-order valence-electron chi connectivity index (χ2n) is 3.99. The normalized spacial score (nSPS) is 11.6. The van der Waals surface area contributed by atoms with Gasteiger partial charge in [0.2, 0.25) is 0 Å². The lowest BCUT2D eigenvalue weighted by Crippen LogP contribution is -2.17. The van der Waals surface area contributed by atoms with Crippen LogP contribution in [0, 0.1) is 6.92 Å². The first-order chi connectivity index (χ1) is 8.89. The maximum Gasteiger partial charge on any atom is 0.573 e. The van der Waals surface area contributed by atoms with Gasteiger partial charge in [-0.2, -0.15) is 0 Å². The third-order valence-electron chi connectivity index (χ3n) is 2.51. The van der Waals surface area contributed by atoms with Crippen molar-refractivity contribution in [3.05, 3.63) is 40.8 Å². The van der Waals surface area contributed by atoms with Crippen LogP contribution < -0.4 is 10.5 Å². The molecule has 0 unspecified atom stereocenters. The Balaban J connectivity index is 2.48. The lowest BCUT2D eigenvalue weighted by Gasteiger charge is -2.13. The first kappa shape index (κ1) is 13.9. The zero-order valence-electron chi connectivity index (χ0n) is 10.1. The molecule has 0 radical (unpaired) electrons. The van der Waals surface area contributed by atoms with Crippen LogP contribution in [0.4, 0.5) is 13.2 Å². The molecule has 19 heavy (non-hydrogen) atoms. The number of thiophene rings is 1. The van der Waals surface area contributed by atoms with Crippen molar-refractivity contribution in [1.82, 2.24) is 0 Å². The smallest absolute Gasteiger partial charge is 0.405 e. The summed E-state index contributed by atoms with van der Waals surface area (Å²) in [6, 6.07) is 8.10. The number of alkyl halides is 3. The number of hydrogen-bond donors (Lipinski definition) is 1. The summed E-state index contributed by atoms with van der Waals surface area (Å²) < 4.78 is 41.2. The highest BCUT2D eigenvalue weighted by molar-refractivity contribution is 7.15. The van der Waals surface area contributed by atoms with Crippen LogP contribution in [-0.4, -0.2) is 6.36 Å². The molecule has 0 atom stereocenters. The minimum atomic E-state index is -4.70. The largest absolute Gasteiger partial charge is 0.573 e. The average Bonchev–Trinajstić information content (AvgIpc) is 2.74. The van der Waals surface area contributed by atoms with Crippen LogP contribution in [0.2, 0.25) is 0 Å². The third kappa shape index (κ3) is 3.48. The molecule has 0 amide bonds. The van der Waals surface area contributed by atoms with Gasteiger partial charge in [-0.15, -0.1) is 24.5 Å². The molecule has 0 aliphatic carbocycles. The molecule has 2 rings (SSSR count). The van der Waals surface area contributed by atoms with E-state index in [0.29, 0.717) is 5.56 Å². The molecule has 1 aromatic carbocycles. The number of rotatable bonds is 3. The van der Waals surface area contributed by atoms with Crippen molar-refractivity contribution in [3.63, 3.8) is 0 Å². The summed E-state index contributed by atoms with van der Waals surface area (Å²) in [5, 5.41) is 0. The third-order valence-corrected chi connectivity index (χ3v) is 3.55. The van der Waals surface area contributed by atoms with Gasteiger partial charge < -0.3 is 10.5 Å².